The minimum atomic E-state index is -3.09. The Labute approximate surface area is 121 Å². The van der Waals surface area contributed by atoms with E-state index >= 15 is 0 Å². The van der Waals surface area contributed by atoms with Crippen molar-refractivity contribution in [1.29, 1.82) is 0 Å². The van der Waals surface area contributed by atoms with E-state index in [1.165, 1.54) is 4.90 Å². The summed E-state index contributed by atoms with van der Waals surface area (Å²) in [5, 5.41) is 0. The normalized spacial score (nSPS) is 28.8. The van der Waals surface area contributed by atoms with Gasteiger partial charge in [-0.05, 0) is 6.92 Å². The first-order valence-electron chi connectivity index (χ1n) is 6.79. The Bertz CT molecular complexity index is 475. The van der Waals surface area contributed by atoms with Crippen LogP contribution < -0.4 is 5.73 Å². The molecule has 7 heteroatoms. The van der Waals surface area contributed by atoms with Crippen LogP contribution in [0.3, 0.4) is 0 Å². The van der Waals surface area contributed by atoms with Gasteiger partial charge in [0.2, 0.25) is 5.91 Å². The molecule has 1 fully saturated rings. The van der Waals surface area contributed by atoms with Crippen LogP contribution in [0.2, 0.25) is 0 Å². The number of carbonyl (C=O) groups excluding carboxylic acids is 1. The van der Waals surface area contributed by atoms with Gasteiger partial charge < -0.3 is 15.4 Å². The van der Waals surface area contributed by atoms with Crippen LogP contribution in [0.1, 0.15) is 27.2 Å². The van der Waals surface area contributed by atoms with Crippen molar-refractivity contribution >= 4 is 15.7 Å². The second-order valence-electron chi connectivity index (χ2n) is 6.20. The first-order valence-corrected chi connectivity index (χ1v) is 8.85. The Morgan fingerprint density at radius 2 is 2.00 bits per heavy atom. The lowest BCUT2D eigenvalue weighted by molar-refractivity contribution is -0.178. The fourth-order valence-electron chi connectivity index (χ4n) is 2.54. The van der Waals surface area contributed by atoms with Crippen LogP contribution in [-0.2, 0) is 19.4 Å². The Hall–Kier alpha value is -0.660. The molecular formula is C13H26N2O4S. The van der Waals surface area contributed by atoms with Gasteiger partial charge in [0.15, 0.2) is 0 Å². The number of hydrogen-bond donors (Lipinski definition) is 1. The van der Waals surface area contributed by atoms with Gasteiger partial charge in [-0.3, -0.25) is 4.79 Å². The highest BCUT2D eigenvalue weighted by Crippen LogP contribution is 2.50. The number of nitrogens with two attached hydrogens (primary N) is 1. The van der Waals surface area contributed by atoms with E-state index in [0.717, 1.165) is 6.26 Å². The lowest BCUT2D eigenvalue weighted by Crippen LogP contribution is -2.75. The van der Waals surface area contributed by atoms with Crippen LogP contribution in [0.25, 0.3) is 0 Å². The van der Waals surface area contributed by atoms with Crippen molar-refractivity contribution < 1.29 is 17.9 Å². The second kappa shape index (κ2) is 5.61. The van der Waals surface area contributed by atoms with Gasteiger partial charge in [-0.1, -0.05) is 13.8 Å². The standard InChI is InChI=1S/C13H26N2O4S/c1-6-19-10-9-13(14,12(10,2)3)11(16)15(4)7-8-20(5,17)18/h10H,6-9,14H2,1-5H3. The molecule has 0 aromatic rings. The topological polar surface area (TPSA) is 89.7 Å². The maximum absolute atomic E-state index is 12.5. The van der Waals surface area contributed by atoms with Crippen LogP contribution in [0.4, 0.5) is 0 Å². The summed E-state index contributed by atoms with van der Waals surface area (Å²) in [7, 11) is -1.50. The second-order valence-corrected chi connectivity index (χ2v) is 8.46. The van der Waals surface area contributed by atoms with Gasteiger partial charge in [0.25, 0.3) is 0 Å². The number of hydrogen-bond acceptors (Lipinski definition) is 5. The van der Waals surface area contributed by atoms with Crippen LogP contribution in [-0.4, -0.2) is 63.1 Å². The number of rotatable bonds is 6. The molecule has 1 rings (SSSR count). The van der Waals surface area contributed by atoms with Crippen LogP contribution >= 0.6 is 0 Å². The summed E-state index contributed by atoms with van der Waals surface area (Å²) in [6.07, 6.45) is 1.59. The summed E-state index contributed by atoms with van der Waals surface area (Å²) in [4.78, 5) is 13.9. The molecule has 2 N–H and O–H groups in total. The number of carbonyl (C=O) groups is 1. The van der Waals surface area contributed by atoms with Crippen molar-refractivity contribution in [3.05, 3.63) is 0 Å². The molecule has 1 aliphatic carbocycles. The third-order valence-corrected chi connectivity index (χ3v) is 5.28. The molecule has 0 spiro atoms. The summed E-state index contributed by atoms with van der Waals surface area (Å²) in [6, 6.07) is 0. The number of nitrogens with zero attached hydrogens (tertiary/aromatic N) is 1. The molecule has 0 aliphatic heterocycles. The molecule has 2 unspecified atom stereocenters. The molecule has 6 nitrogen and oxygen atoms in total. The van der Waals surface area contributed by atoms with E-state index in [0.29, 0.717) is 13.0 Å². The molecule has 1 amide bonds. The van der Waals surface area contributed by atoms with Crippen molar-refractivity contribution in [2.24, 2.45) is 11.1 Å². The third kappa shape index (κ3) is 3.15. The molecule has 0 bridgehead atoms. The zero-order valence-corrected chi connectivity index (χ0v) is 13.8. The van der Waals surface area contributed by atoms with E-state index < -0.39 is 20.8 Å². The number of ether oxygens (including phenoxy) is 1. The predicted molar refractivity (Wildman–Crippen MR) is 78.1 cm³/mol. The van der Waals surface area contributed by atoms with E-state index in [1.54, 1.807) is 7.05 Å². The van der Waals surface area contributed by atoms with Crippen LogP contribution in [0, 0.1) is 5.41 Å². The van der Waals surface area contributed by atoms with Gasteiger partial charge in [-0.2, -0.15) is 0 Å². The summed E-state index contributed by atoms with van der Waals surface area (Å²) >= 11 is 0. The molecule has 118 valence electrons. The van der Waals surface area contributed by atoms with Gasteiger partial charge in [-0.15, -0.1) is 0 Å². The average molecular weight is 306 g/mol. The van der Waals surface area contributed by atoms with Crippen LogP contribution in [0.15, 0.2) is 0 Å². The lowest BCUT2D eigenvalue weighted by Gasteiger charge is -2.58. The summed E-state index contributed by atoms with van der Waals surface area (Å²) in [6.45, 7) is 6.49. The zero-order chi connectivity index (χ0) is 15.8. The molecule has 2 atom stereocenters. The number of amides is 1. The molecular weight excluding hydrogens is 280 g/mol. The molecule has 0 radical (unpaired) electrons. The third-order valence-electron chi connectivity index (χ3n) is 4.36. The van der Waals surface area contributed by atoms with E-state index in [2.05, 4.69) is 0 Å². The van der Waals surface area contributed by atoms with Crippen molar-refractivity contribution in [3.8, 4) is 0 Å². The highest BCUT2D eigenvalue weighted by molar-refractivity contribution is 7.90. The van der Waals surface area contributed by atoms with Crippen LogP contribution in [0.5, 0.6) is 0 Å². The van der Waals surface area contributed by atoms with Gasteiger partial charge >= 0.3 is 0 Å². The Morgan fingerprint density at radius 3 is 2.40 bits per heavy atom. The van der Waals surface area contributed by atoms with Gasteiger partial charge in [0.1, 0.15) is 15.4 Å². The van der Waals surface area contributed by atoms with E-state index in [4.69, 9.17) is 10.5 Å². The molecule has 1 aliphatic rings. The zero-order valence-electron chi connectivity index (χ0n) is 13.0. The van der Waals surface area contributed by atoms with Gasteiger partial charge in [0.05, 0.1) is 11.9 Å². The highest BCUT2D eigenvalue weighted by atomic mass is 32.2. The SMILES string of the molecule is CCOC1CC(N)(C(=O)N(C)CCS(C)(=O)=O)C1(C)C. The fraction of sp³-hybridized carbons (Fsp3) is 0.923. The average Bonchev–Trinajstić information content (AvgIpc) is 2.33. The first kappa shape index (κ1) is 17.4. The predicted octanol–water partition coefficient (Wildman–Crippen LogP) is 0.0219. The van der Waals surface area contributed by atoms with Crippen molar-refractivity contribution in [3.63, 3.8) is 0 Å². The summed E-state index contributed by atoms with van der Waals surface area (Å²) < 4.78 is 27.9. The minimum absolute atomic E-state index is 0.0373. The fourth-order valence-corrected chi connectivity index (χ4v) is 3.15. The monoisotopic (exact) mass is 306 g/mol. The first-order chi connectivity index (χ1) is 8.95. The quantitative estimate of drug-likeness (QED) is 0.747. The van der Waals surface area contributed by atoms with E-state index in [1.807, 2.05) is 20.8 Å². The van der Waals surface area contributed by atoms with E-state index in [9.17, 15) is 13.2 Å². The minimum Gasteiger partial charge on any atom is -0.378 e. The van der Waals surface area contributed by atoms with Crippen molar-refractivity contribution in [2.75, 3.05) is 32.2 Å². The summed E-state index contributed by atoms with van der Waals surface area (Å²) in [5.74, 6) is -0.275. The van der Waals surface area contributed by atoms with Crippen molar-refractivity contribution in [2.45, 2.75) is 38.8 Å². The Balaban J connectivity index is 2.72. The molecule has 1 saturated carbocycles. The molecule has 0 aromatic heterocycles. The van der Waals surface area contributed by atoms with Gasteiger partial charge in [0, 0.05) is 38.3 Å². The summed E-state index contributed by atoms with van der Waals surface area (Å²) in [5.41, 5.74) is 4.82. The molecule has 20 heavy (non-hydrogen) atoms. The lowest BCUT2D eigenvalue weighted by atomic mass is 9.54. The number of likely N-dealkylation sites (N-methyl/N-ethyl adjacent to an activating group) is 1. The number of sulfone groups is 1. The smallest absolute Gasteiger partial charge is 0.243 e. The molecule has 0 saturated heterocycles. The maximum atomic E-state index is 12.5. The Kier molecular flexibility index (Phi) is 4.88. The molecule has 0 aromatic carbocycles. The molecule has 0 heterocycles. The maximum Gasteiger partial charge on any atom is 0.243 e. The van der Waals surface area contributed by atoms with E-state index in [-0.39, 0.29) is 24.3 Å². The van der Waals surface area contributed by atoms with Crippen molar-refractivity contribution in [1.82, 2.24) is 4.90 Å². The largest absolute Gasteiger partial charge is 0.378 e. The highest BCUT2D eigenvalue weighted by Gasteiger charge is 2.63. The van der Waals surface area contributed by atoms with Gasteiger partial charge in [-0.25, -0.2) is 8.42 Å². The Morgan fingerprint density at radius 1 is 1.45 bits per heavy atom.